The Kier molecular flexibility index (Phi) is 3.74. The Bertz CT molecular complexity index is 674. The van der Waals surface area contributed by atoms with Crippen LogP contribution in [0.3, 0.4) is 0 Å². The van der Waals surface area contributed by atoms with Crippen molar-refractivity contribution in [3.8, 4) is 0 Å². The van der Waals surface area contributed by atoms with E-state index in [2.05, 4.69) is 4.98 Å². The predicted molar refractivity (Wildman–Crippen MR) is 74.7 cm³/mol. The van der Waals surface area contributed by atoms with Gasteiger partial charge in [0.2, 0.25) is 5.91 Å². The number of amides is 1. The Hall–Kier alpha value is -2.37. The zero-order valence-electron chi connectivity index (χ0n) is 11.8. The Labute approximate surface area is 116 Å². The van der Waals surface area contributed by atoms with Crippen molar-refractivity contribution < 1.29 is 14.7 Å². The summed E-state index contributed by atoms with van der Waals surface area (Å²) in [6.07, 6.45) is 0.389. The molecular formula is C14H17N3O3. The van der Waals surface area contributed by atoms with Crippen molar-refractivity contribution in [2.75, 3.05) is 14.1 Å². The number of benzene rings is 1. The highest BCUT2D eigenvalue weighted by molar-refractivity contribution is 5.92. The minimum atomic E-state index is -0.970. The Morgan fingerprint density at radius 2 is 2.05 bits per heavy atom. The Morgan fingerprint density at radius 3 is 2.65 bits per heavy atom. The third kappa shape index (κ3) is 2.64. The van der Waals surface area contributed by atoms with Gasteiger partial charge >= 0.3 is 5.97 Å². The molecule has 6 heteroatoms. The maximum Gasteiger partial charge on any atom is 0.335 e. The summed E-state index contributed by atoms with van der Waals surface area (Å²) in [6, 6.07) is 4.84. The Balaban J connectivity index is 2.32. The molecular weight excluding hydrogens is 258 g/mol. The van der Waals surface area contributed by atoms with Crippen molar-refractivity contribution >= 4 is 22.9 Å². The quantitative estimate of drug-likeness (QED) is 0.918. The molecule has 0 bridgehead atoms. The number of hydrogen-bond acceptors (Lipinski definition) is 3. The van der Waals surface area contributed by atoms with Crippen molar-refractivity contribution in [2.45, 2.75) is 19.9 Å². The highest BCUT2D eigenvalue weighted by Gasteiger charge is 2.12. The van der Waals surface area contributed by atoms with Crippen LogP contribution in [0.5, 0.6) is 0 Å². The van der Waals surface area contributed by atoms with Gasteiger partial charge in [0.25, 0.3) is 0 Å². The molecule has 0 spiro atoms. The van der Waals surface area contributed by atoms with Gasteiger partial charge in [-0.05, 0) is 25.1 Å². The summed E-state index contributed by atoms with van der Waals surface area (Å²) < 4.78 is 1.93. The summed E-state index contributed by atoms with van der Waals surface area (Å²) in [6.45, 7) is 2.38. The molecule has 1 aromatic heterocycles. The molecule has 0 atom stereocenters. The van der Waals surface area contributed by atoms with Crippen LogP contribution in [-0.4, -0.2) is 45.5 Å². The van der Waals surface area contributed by atoms with Crippen LogP contribution >= 0.6 is 0 Å². The summed E-state index contributed by atoms with van der Waals surface area (Å²) in [7, 11) is 3.45. The van der Waals surface area contributed by atoms with Crippen LogP contribution < -0.4 is 0 Å². The number of aromatic nitrogens is 2. The van der Waals surface area contributed by atoms with Gasteiger partial charge in [-0.15, -0.1) is 0 Å². The minimum absolute atomic E-state index is 0.0495. The van der Waals surface area contributed by atoms with Crippen molar-refractivity contribution in [3.05, 3.63) is 29.6 Å². The smallest absolute Gasteiger partial charge is 0.335 e. The molecule has 106 valence electrons. The van der Waals surface area contributed by atoms with Crippen LogP contribution in [0.2, 0.25) is 0 Å². The van der Waals surface area contributed by atoms with Crippen LogP contribution in [-0.2, 0) is 11.3 Å². The van der Waals surface area contributed by atoms with Gasteiger partial charge in [0.05, 0.1) is 16.6 Å². The molecule has 1 heterocycles. The number of carboxylic acid groups (broad SMARTS) is 1. The topological polar surface area (TPSA) is 75.4 Å². The molecule has 0 aliphatic heterocycles. The summed E-state index contributed by atoms with van der Waals surface area (Å²) in [5.41, 5.74) is 1.70. The second-order valence-electron chi connectivity index (χ2n) is 4.86. The van der Waals surface area contributed by atoms with Crippen molar-refractivity contribution in [1.29, 1.82) is 0 Å². The molecule has 1 aromatic carbocycles. The number of imidazole rings is 1. The van der Waals surface area contributed by atoms with Crippen LogP contribution in [0.4, 0.5) is 0 Å². The number of aromatic carboxylic acids is 1. The number of fused-ring (bicyclic) bond motifs is 1. The van der Waals surface area contributed by atoms with Crippen LogP contribution in [0, 0.1) is 6.92 Å². The largest absolute Gasteiger partial charge is 0.478 e. The van der Waals surface area contributed by atoms with E-state index in [0.29, 0.717) is 18.5 Å². The van der Waals surface area contributed by atoms with E-state index >= 15 is 0 Å². The normalized spacial score (nSPS) is 10.8. The van der Waals surface area contributed by atoms with E-state index in [9.17, 15) is 9.59 Å². The molecule has 0 saturated carbocycles. The molecule has 0 aliphatic rings. The lowest BCUT2D eigenvalue weighted by Crippen LogP contribution is -2.23. The highest BCUT2D eigenvalue weighted by atomic mass is 16.4. The second kappa shape index (κ2) is 5.32. The van der Waals surface area contributed by atoms with Gasteiger partial charge in [-0.2, -0.15) is 0 Å². The average Bonchev–Trinajstić information content (AvgIpc) is 2.70. The maximum absolute atomic E-state index is 11.6. The van der Waals surface area contributed by atoms with E-state index in [1.807, 2.05) is 11.5 Å². The molecule has 2 aromatic rings. The van der Waals surface area contributed by atoms with E-state index in [0.717, 1.165) is 11.3 Å². The highest BCUT2D eigenvalue weighted by Crippen LogP contribution is 2.18. The molecule has 0 saturated heterocycles. The molecule has 1 amide bonds. The molecule has 20 heavy (non-hydrogen) atoms. The summed E-state index contributed by atoms with van der Waals surface area (Å²) in [5, 5.41) is 8.97. The van der Waals surface area contributed by atoms with Gasteiger partial charge in [0.15, 0.2) is 0 Å². The van der Waals surface area contributed by atoms with Gasteiger partial charge in [0.1, 0.15) is 5.82 Å². The van der Waals surface area contributed by atoms with E-state index in [-0.39, 0.29) is 11.5 Å². The standard InChI is InChI=1S/C14H17N3O3/c1-9-15-11-8-10(14(19)20)4-5-12(11)17(9)7-6-13(18)16(2)3/h4-5,8H,6-7H2,1-3H3,(H,19,20). The van der Waals surface area contributed by atoms with Gasteiger partial charge in [0, 0.05) is 27.1 Å². The number of carbonyl (C=O) groups excluding carboxylic acids is 1. The minimum Gasteiger partial charge on any atom is -0.478 e. The monoisotopic (exact) mass is 275 g/mol. The number of hydrogen-bond donors (Lipinski definition) is 1. The lowest BCUT2D eigenvalue weighted by atomic mass is 10.2. The zero-order chi connectivity index (χ0) is 14.9. The first-order valence-electron chi connectivity index (χ1n) is 6.30. The lowest BCUT2D eigenvalue weighted by Gasteiger charge is -2.11. The second-order valence-corrected chi connectivity index (χ2v) is 4.86. The summed E-state index contributed by atoms with van der Waals surface area (Å²) in [5.74, 6) is -0.149. The van der Waals surface area contributed by atoms with E-state index in [1.165, 1.54) is 0 Å². The summed E-state index contributed by atoms with van der Waals surface area (Å²) in [4.78, 5) is 28.5. The van der Waals surface area contributed by atoms with Gasteiger partial charge in [-0.3, -0.25) is 4.79 Å². The fraction of sp³-hybridized carbons (Fsp3) is 0.357. The SMILES string of the molecule is Cc1nc2cc(C(=O)O)ccc2n1CCC(=O)N(C)C. The average molecular weight is 275 g/mol. The molecule has 0 radical (unpaired) electrons. The lowest BCUT2D eigenvalue weighted by molar-refractivity contribution is -0.128. The Morgan fingerprint density at radius 1 is 1.35 bits per heavy atom. The molecule has 0 unspecified atom stereocenters. The number of carbonyl (C=O) groups is 2. The maximum atomic E-state index is 11.6. The summed E-state index contributed by atoms with van der Waals surface area (Å²) >= 11 is 0. The first-order chi connectivity index (χ1) is 9.40. The van der Waals surface area contributed by atoms with Crippen molar-refractivity contribution in [1.82, 2.24) is 14.5 Å². The molecule has 0 fully saturated rings. The van der Waals surface area contributed by atoms with Crippen molar-refractivity contribution in [3.63, 3.8) is 0 Å². The molecule has 1 N–H and O–H groups in total. The van der Waals surface area contributed by atoms with Crippen LogP contribution in [0.1, 0.15) is 22.6 Å². The molecule has 0 aliphatic carbocycles. The van der Waals surface area contributed by atoms with E-state index in [1.54, 1.807) is 37.2 Å². The number of rotatable bonds is 4. The number of aryl methyl sites for hydroxylation is 2. The fourth-order valence-electron chi connectivity index (χ4n) is 2.10. The third-order valence-corrected chi connectivity index (χ3v) is 3.23. The van der Waals surface area contributed by atoms with Crippen LogP contribution in [0.15, 0.2) is 18.2 Å². The van der Waals surface area contributed by atoms with Gasteiger partial charge in [-0.25, -0.2) is 9.78 Å². The molecule has 2 rings (SSSR count). The van der Waals surface area contributed by atoms with E-state index in [4.69, 9.17) is 5.11 Å². The first kappa shape index (κ1) is 14.0. The first-order valence-corrected chi connectivity index (χ1v) is 6.30. The zero-order valence-corrected chi connectivity index (χ0v) is 11.8. The van der Waals surface area contributed by atoms with Gasteiger partial charge < -0.3 is 14.6 Å². The van der Waals surface area contributed by atoms with E-state index < -0.39 is 5.97 Å². The predicted octanol–water partition coefficient (Wildman–Crippen LogP) is 1.52. The van der Waals surface area contributed by atoms with Crippen molar-refractivity contribution in [2.24, 2.45) is 0 Å². The number of nitrogens with zero attached hydrogens (tertiary/aromatic N) is 3. The number of carboxylic acids is 1. The third-order valence-electron chi connectivity index (χ3n) is 3.23. The van der Waals surface area contributed by atoms with Gasteiger partial charge in [-0.1, -0.05) is 0 Å². The fourth-order valence-corrected chi connectivity index (χ4v) is 2.10. The van der Waals surface area contributed by atoms with Crippen LogP contribution in [0.25, 0.3) is 11.0 Å². The molecule has 6 nitrogen and oxygen atoms in total.